The molecule has 0 amide bonds. The maximum Gasteiger partial charge on any atom is 0.532 e. The van der Waals surface area contributed by atoms with Crippen LogP contribution in [0.3, 0.4) is 0 Å². The third-order valence-corrected chi connectivity index (χ3v) is 13.1. The Morgan fingerprint density at radius 2 is 0.844 bits per heavy atom. The summed E-state index contributed by atoms with van der Waals surface area (Å²) >= 11 is 0. The number of carbonyl (C=O) groups is 1. The fourth-order valence-electron chi connectivity index (χ4n) is 7.62. The number of fused-ring (bicyclic) bond motifs is 4. The Kier molecular flexibility index (Phi) is 12.4. The van der Waals surface area contributed by atoms with E-state index in [4.69, 9.17) is 45.4 Å². The number of hydrogen-bond donors (Lipinski definition) is 0. The molecule has 0 radical (unpaired) electrons. The summed E-state index contributed by atoms with van der Waals surface area (Å²) in [5.41, 5.74) is 4.33. The standard InChI is InChI=1S/C51H60O11P2/c1-48(2,3)38-25-29(53-13)21-34(43(38)58-63-57-42-20-18-17-19-33(42)47(52)62-63)35-22-30(54-14)26-39(49(4,5)6)44(35)59-64-60-45-36(23-31(55-15)27-40(45)50(7,8)9)37-24-32(56-16)28-41(46(37)61-64)51(10,11)12/h17-28H,1-16H3. The van der Waals surface area contributed by atoms with Crippen LogP contribution in [0.25, 0.3) is 33.1 Å². The minimum atomic E-state index is -2.27. The molecule has 13 heteroatoms. The highest BCUT2D eigenvalue weighted by molar-refractivity contribution is 7.43. The highest BCUT2D eigenvalue weighted by Crippen LogP contribution is 2.56. The molecule has 0 spiro atoms. The molecule has 64 heavy (non-hydrogen) atoms. The van der Waals surface area contributed by atoms with Gasteiger partial charge in [-0.15, -0.1) is 0 Å². The van der Waals surface area contributed by atoms with E-state index in [0.29, 0.717) is 68.1 Å². The van der Waals surface area contributed by atoms with Crippen LogP contribution in [0.1, 0.15) is 116 Å². The number of carbonyl (C=O) groups excluding carboxylic acids is 1. The van der Waals surface area contributed by atoms with E-state index in [-0.39, 0.29) is 10.8 Å². The van der Waals surface area contributed by atoms with Crippen LogP contribution in [0.5, 0.6) is 40.2 Å². The van der Waals surface area contributed by atoms with Gasteiger partial charge in [0.25, 0.3) is 0 Å². The van der Waals surface area contributed by atoms with Crippen molar-refractivity contribution in [2.45, 2.75) is 105 Å². The van der Waals surface area contributed by atoms with E-state index < -0.39 is 33.6 Å². The molecule has 2 heterocycles. The van der Waals surface area contributed by atoms with Crippen LogP contribution in [0.2, 0.25) is 0 Å². The first-order chi connectivity index (χ1) is 29.9. The van der Waals surface area contributed by atoms with Crippen LogP contribution in [-0.2, 0) is 26.2 Å². The minimum absolute atomic E-state index is 0.323. The molecule has 0 fully saturated rings. The van der Waals surface area contributed by atoms with Crippen molar-refractivity contribution in [2.75, 3.05) is 28.4 Å². The van der Waals surface area contributed by atoms with E-state index in [1.807, 2.05) is 48.5 Å². The number of ether oxygens (including phenoxy) is 4. The summed E-state index contributed by atoms with van der Waals surface area (Å²) in [6, 6.07) is 22.6. The second-order valence-electron chi connectivity index (χ2n) is 20.0. The molecule has 340 valence electrons. The highest BCUT2D eigenvalue weighted by Gasteiger charge is 2.37. The van der Waals surface area contributed by atoms with E-state index >= 15 is 0 Å². The normalized spacial score (nSPS) is 14.4. The molecule has 1 aliphatic heterocycles. The summed E-state index contributed by atoms with van der Waals surface area (Å²) in [5.74, 6) is 3.23. The Labute approximate surface area is 378 Å². The summed E-state index contributed by atoms with van der Waals surface area (Å²) < 4.78 is 64.3. The molecule has 1 atom stereocenters. The van der Waals surface area contributed by atoms with Crippen LogP contribution < -0.4 is 32.5 Å². The number of para-hydroxylation sites is 1. The molecule has 0 N–H and O–H groups in total. The third-order valence-electron chi connectivity index (χ3n) is 11.1. The van der Waals surface area contributed by atoms with Crippen molar-refractivity contribution in [1.29, 1.82) is 0 Å². The van der Waals surface area contributed by atoms with E-state index in [1.165, 1.54) is 0 Å². The number of benzene rings is 5. The Balaban J connectivity index is 1.59. The van der Waals surface area contributed by atoms with Gasteiger partial charge in [0.15, 0.2) is 0 Å². The molecule has 0 saturated heterocycles. The van der Waals surface area contributed by atoms with Crippen molar-refractivity contribution >= 4 is 44.8 Å². The first kappa shape index (κ1) is 46.5. The maximum atomic E-state index is 13.3. The first-order valence-corrected chi connectivity index (χ1v) is 23.4. The Morgan fingerprint density at radius 1 is 0.453 bits per heavy atom. The van der Waals surface area contributed by atoms with Gasteiger partial charge in [0.2, 0.25) is 0 Å². The average Bonchev–Trinajstić information content (AvgIpc) is 3.37. The predicted molar refractivity (Wildman–Crippen MR) is 255 cm³/mol. The summed E-state index contributed by atoms with van der Waals surface area (Å²) in [4.78, 5) is 13.3. The lowest BCUT2D eigenvalue weighted by atomic mass is 9.81. The van der Waals surface area contributed by atoms with Crippen molar-refractivity contribution in [3.8, 4) is 51.4 Å². The molecule has 1 unspecified atom stereocenters. The van der Waals surface area contributed by atoms with Gasteiger partial charge in [-0.25, -0.2) is 4.79 Å². The van der Waals surface area contributed by atoms with E-state index in [9.17, 15) is 4.79 Å². The molecule has 0 bridgehead atoms. The SMILES string of the molecule is COc1cc(-c2cc(OC)cc(C(C)(C)C)c2Op2oc3c(C(C)(C)C)cc(OC)cc3c3cc(OC)cc(C(C)(C)C)c3o2)c(OP2OC(=O)c3ccccc3O2)c(C(C)(C)C)c1. The predicted octanol–water partition coefficient (Wildman–Crippen LogP) is 14.9. The van der Waals surface area contributed by atoms with Gasteiger partial charge in [0.1, 0.15) is 57.0 Å². The second kappa shape index (κ2) is 17.1. The molecule has 0 saturated carbocycles. The lowest BCUT2D eigenvalue weighted by Gasteiger charge is -2.30. The van der Waals surface area contributed by atoms with Gasteiger partial charge in [-0.05, 0) is 82.3 Å². The summed E-state index contributed by atoms with van der Waals surface area (Å²) in [6.07, 6.45) is 0. The largest absolute Gasteiger partial charge is 0.532 e. The van der Waals surface area contributed by atoms with Gasteiger partial charge < -0.3 is 45.4 Å². The summed E-state index contributed by atoms with van der Waals surface area (Å²) in [6.45, 7) is 25.4. The zero-order chi connectivity index (χ0) is 46.7. The molecule has 5 aromatic carbocycles. The molecular weight excluding hydrogens is 850 g/mol. The fraction of sp³-hybridized carbons (Fsp3) is 0.392. The monoisotopic (exact) mass is 910 g/mol. The number of methoxy groups -OCH3 is 4. The van der Waals surface area contributed by atoms with Crippen molar-refractivity contribution in [1.82, 2.24) is 0 Å². The van der Waals surface area contributed by atoms with Crippen molar-refractivity contribution in [3.05, 3.63) is 101 Å². The van der Waals surface area contributed by atoms with Gasteiger partial charge in [0.05, 0.1) is 28.4 Å². The molecule has 7 rings (SSSR count). The van der Waals surface area contributed by atoms with Gasteiger partial charge in [-0.2, -0.15) is 0 Å². The zero-order valence-electron chi connectivity index (χ0n) is 39.8. The second-order valence-corrected chi connectivity index (χ2v) is 22.0. The molecule has 0 aliphatic carbocycles. The highest BCUT2D eigenvalue weighted by atomic mass is 31.2. The third kappa shape index (κ3) is 9.21. The molecular formula is C51H60O11P2. The maximum absolute atomic E-state index is 13.3. The van der Waals surface area contributed by atoms with Crippen molar-refractivity contribution in [2.24, 2.45) is 0 Å². The van der Waals surface area contributed by atoms with E-state index in [0.717, 1.165) is 33.0 Å². The lowest BCUT2D eigenvalue weighted by Crippen LogP contribution is -2.18. The number of hydrogen-bond acceptors (Lipinski definition) is 11. The lowest BCUT2D eigenvalue weighted by molar-refractivity contribution is 0.0697. The zero-order valence-corrected chi connectivity index (χ0v) is 41.6. The van der Waals surface area contributed by atoms with Crippen LogP contribution in [0.15, 0.2) is 81.2 Å². The summed E-state index contributed by atoms with van der Waals surface area (Å²) in [5, 5.41) is 1.57. The fourth-order valence-corrected chi connectivity index (χ4v) is 9.79. The molecule has 1 aliphatic rings. The topological polar surface area (TPSA) is 117 Å². The van der Waals surface area contributed by atoms with Crippen LogP contribution >= 0.6 is 16.8 Å². The summed E-state index contributed by atoms with van der Waals surface area (Å²) in [7, 11) is 2.05. The van der Waals surface area contributed by atoms with Gasteiger partial charge in [-0.1, -0.05) is 95.2 Å². The van der Waals surface area contributed by atoms with E-state index in [1.54, 1.807) is 52.7 Å². The van der Waals surface area contributed by atoms with Crippen LogP contribution in [0.4, 0.5) is 0 Å². The van der Waals surface area contributed by atoms with Gasteiger partial charge in [-0.3, -0.25) is 0 Å². The minimum Gasteiger partial charge on any atom is -0.497 e. The number of rotatable bonds is 9. The Morgan fingerprint density at radius 3 is 1.27 bits per heavy atom. The van der Waals surface area contributed by atoms with Crippen LogP contribution in [-0.4, -0.2) is 34.4 Å². The van der Waals surface area contributed by atoms with Gasteiger partial charge in [0, 0.05) is 44.2 Å². The van der Waals surface area contributed by atoms with Crippen molar-refractivity contribution in [3.63, 3.8) is 0 Å². The first-order valence-electron chi connectivity index (χ1n) is 21.2. The molecule has 11 nitrogen and oxygen atoms in total. The quantitative estimate of drug-likeness (QED) is 0.129. The Bertz CT molecular complexity index is 2710. The van der Waals surface area contributed by atoms with Crippen LogP contribution in [0, 0.1) is 0 Å². The molecule has 1 aromatic heterocycles. The Hall–Kier alpha value is -5.50. The smallest absolute Gasteiger partial charge is 0.497 e. The molecule has 6 aromatic rings. The average molecular weight is 911 g/mol. The van der Waals surface area contributed by atoms with Crippen molar-refractivity contribution < 1.29 is 50.2 Å². The van der Waals surface area contributed by atoms with E-state index in [2.05, 4.69) is 83.1 Å². The van der Waals surface area contributed by atoms with Gasteiger partial charge >= 0.3 is 22.8 Å².